The van der Waals surface area contributed by atoms with Crippen LogP contribution in [0.25, 0.3) is 0 Å². The fourth-order valence-corrected chi connectivity index (χ4v) is 4.95. The largest absolute Gasteiger partial charge is 0.436 e. The van der Waals surface area contributed by atoms with Crippen molar-refractivity contribution in [3.63, 3.8) is 0 Å². The predicted octanol–water partition coefficient (Wildman–Crippen LogP) is -0.0877. The van der Waals surface area contributed by atoms with Crippen LogP contribution in [0.5, 0.6) is 0 Å². The summed E-state index contributed by atoms with van der Waals surface area (Å²) in [7, 11) is -3.81. The van der Waals surface area contributed by atoms with Crippen molar-refractivity contribution < 1.29 is 32.3 Å². The van der Waals surface area contributed by atoms with Gasteiger partial charge in [-0.15, -0.1) is 0 Å². The lowest BCUT2D eigenvalue weighted by Gasteiger charge is -2.29. The van der Waals surface area contributed by atoms with E-state index in [9.17, 15) is 27.6 Å². The number of fused-ring (bicyclic) bond motifs is 2. The fourth-order valence-electron chi connectivity index (χ4n) is 4.43. The second-order valence-electron chi connectivity index (χ2n) is 8.66. The first-order valence-electron chi connectivity index (χ1n) is 10.8. The Labute approximate surface area is 187 Å². The van der Waals surface area contributed by atoms with Crippen molar-refractivity contribution in [1.82, 2.24) is 14.9 Å². The Hall–Kier alpha value is -2.63. The molecule has 0 radical (unpaired) electrons. The Balaban J connectivity index is 1.86. The van der Waals surface area contributed by atoms with E-state index in [-0.39, 0.29) is 12.3 Å². The minimum absolute atomic E-state index is 0.269. The van der Waals surface area contributed by atoms with E-state index in [0.717, 1.165) is 25.5 Å². The van der Waals surface area contributed by atoms with E-state index < -0.39 is 51.5 Å². The molecule has 4 amide bonds. The van der Waals surface area contributed by atoms with Crippen LogP contribution in [-0.4, -0.2) is 67.6 Å². The molecule has 1 aliphatic carbocycles. The van der Waals surface area contributed by atoms with Crippen LogP contribution in [-0.2, 0) is 29.1 Å². The molecular formula is C20H30N4O7S. The van der Waals surface area contributed by atoms with E-state index in [4.69, 9.17) is 10.5 Å². The number of primary amides is 1. The average Bonchev–Trinajstić information content (AvgIpc) is 3.15. The van der Waals surface area contributed by atoms with Crippen molar-refractivity contribution in [1.29, 1.82) is 0 Å². The van der Waals surface area contributed by atoms with E-state index in [1.165, 1.54) is 4.90 Å². The molecule has 1 saturated carbocycles. The summed E-state index contributed by atoms with van der Waals surface area (Å²) in [6.07, 6.45) is 7.00. The predicted molar refractivity (Wildman–Crippen MR) is 113 cm³/mol. The lowest BCUT2D eigenvalue weighted by Crippen LogP contribution is -2.57. The van der Waals surface area contributed by atoms with Gasteiger partial charge in [0.05, 0.1) is 6.26 Å². The molecule has 3 rings (SSSR count). The summed E-state index contributed by atoms with van der Waals surface area (Å²) in [5.41, 5.74) is 3.77. The van der Waals surface area contributed by atoms with Gasteiger partial charge < -0.3 is 20.7 Å². The molecule has 11 nitrogen and oxygen atoms in total. The van der Waals surface area contributed by atoms with E-state index in [0.29, 0.717) is 32.2 Å². The molecule has 1 saturated heterocycles. The van der Waals surface area contributed by atoms with Crippen molar-refractivity contribution in [3.8, 4) is 0 Å². The lowest BCUT2D eigenvalue weighted by molar-refractivity contribution is -0.146. The number of hydrogen-bond acceptors (Lipinski definition) is 7. The first-order valence-corrected chi connectivity index (χ1v) is 12.7. The Morgan fingerprint density at radius 3 is 2.66 bits per heavy atom. The molecule has 0 bridgehead atoms. The first-order chi connectivity index (χ1) is 15.0. The van der Waals surface area contributed by atoms with Crippen LogP contribution in [0.15, 0.2) is 12.2 Å². The highest BCUT2D eigenvalue weighted by Gasteiger charge is 2.61. The highest BCUT2D eigenvalue weighted by molar-refractivity contribution is 7.89. The van der Waals surface area contributed by atoms with Gasteiger partial charge in [0.2, 0.25) is 15.9 Å². The molecule has 0 aromatic heterocycles. The summed E-state index contributed by atoms with van der Waals surface area (Å²) >= 11 is 0. The normalized spacial score (nSPS) is 32.4. The summed E-state index contributed by atoms with van der Waals surface area (Å²) in [5.74, 6) is -2.16. The maximum Gasteiger partial charge on any atom is 0.405 e. The van der Waals surface area contributed by atoms with E-state index in [1.54, 1.807) is 0 Å². The number of rotatable bonds is 3. The molecule has 178 valence electrons. The summed E-state index contributed by atoms with van der Waals surface area (Å²) in [6, 6.07) is -0.847. The molecule has 0 aromatic rings. The van der Waals surface area contributed by atoms with Gasteiger partial charge in [-0.2, -0.15) is 0 Å². The third-order valence-electron chi connectivity index (χ3n) is 6.12. The van der Waals surface area contributed by atoms with E-state index >= 15 is 0 Å². The number of amides is 4. The average molecular weight is 471 g/mol. The van der Waals surface area contributed by atoms with Crippen LogP contribution in [0.4, 0.5) is 4.79 Å². The minimum Gasteiger partial charge on any atom is -0.436 e. The Bertz CT molecular complexity index is 919. The van der Waals surface area contributed by atoms with Gasteiger partial charge in [0.15, 0.2) is 6.10 Å². The molecule has 2 heterocycles. The van der Waals surface area contributed by atoms with Gasteiger partial charge >= 0.3 is 6.09 Å². The lowest BCUT2D eigenvalue weighted by atomic mass is 10.1. The molecular weight excluding hydrogens is 440 g/mol. The molecule has 3 aliphatic rings. The highest BCUT2D eigenvalue weighted by atomic mass is 32.2. The number of allylic oxidation sites excluding steroid dienone is 1. The van der Waals surface area contributed by atoms with Crippen molar-refractivity contribution >= 4 is 33.8 Å². The molecule has 12 heteroatoms. The van der Waals surface area contributed by atoms with E-state index in [1.807, 2.05) is 16.9 Å². The van der Waals surface area contributed by atoms with Gasteiger partial charge in [0.1, 0.15) is 11.6 Å². The molecule has 2 aliphatic heterocycles. The molecule has 32 heavy (non-hydrogen) atoms. The quantitative estimate of drug-likeness (QED) is 0.485. The van der Waals surface area contributed by atoms with Gasteiger partial charge in [-0.3, -0.25) is 19.1 Å². The molecule has 0 spiro atoms. The number of nitrogens with two attached hydrogens (primary N) is 1. The Morgan fingerprint density at radius 2 is 1.97 bits per heavy atom. The van der Waals surface area contributed by atoms with Crippen LogP contribution < -0.4 is 15.8 Å². The number of hydrogen-bond donors (Lipinski definition) is 3. The zero-order valence-corrected chi connectivity index (χ0v) is 18.9. The second kappa shape index (κ2) is 9.47. The van der Waals surface area contributed by atoms with Crippen molar-refractivity contribution in [2.75, 3.05) is 12.8 Å². The SMILES string of the molecule is CS(=O)(=O)NC(=O)C12CC1/C=C/CCCCCC(OC(N)=O)C(=O)N1CCCC1C(=O)N2. The maximum atomic E-state index is 13.1. The summed E-state index contributed by atoms with van der Waals surface area (Å²) in [5, 5.41) is 2.71. The molecule has 0 aromatic carbocycles. The number of carbonyl (C=O) groups is 4. The standard InChI is InChI=1S/C20H30N4O7S/c1-32(29,30)23-18(27)20-12-13(20)8-5-3-2-4-6-10-15(31-19(21)28)17(26)24-11-7-9-14(24)16(25)22-20/h5,8,13-15H,2-4,6-7,9-12H2,1H3,(H2,21,28)(H,22,25)(H,23,27)/b8-5+. The first kappa shape index (κ1) is 24.0. The smallest absolute Gasteiger partial charge is 0.405 e. The van der Waals surface area contributed by atoms with Crippen molar-refractivity contribution in [2.24, 2.45) is 11.7 Å². The minimum atomic E-state index is -3.81. The third kappa shape index (κ3) is 5.59. The van der Waals surface area contributed by atoms with Crippen LogP contribution in [0.2, 0.25) is 0 Å². The maximum absolute atomic E-state index is 13.1. The van der Waals surface area contributed by atoms with Crippen LogP contribution in [0.1, 0.15) is 51.4 Å². The van der Waals surface area contributed by atoms with Gasteiger partial charge in [0.25, 0.3) is 11.8 Å². The molecule has 4 N–H and O–H groups in total. The van der Waals surface area contributed by atoms with Crippen molar-refractivity contribution in [2.45, 2.75) is 69.1 Å². The molecule has 4 unspecified atom stereocenters. The number of nitrogens with zero attached hydrogens (tertiary/aromatic N) is 1. The summed E-state index contributed by atoms with van der Waals surface area (Å²) in [4.78, 5) is 51.6. The van der Waals surface area contributed by atoms with Gasteiger partial charge in [0, 0.05) is 12.5 Å². The van der Waals surface area contributed by atoms with Gasteiger partial charge in [-0.25, -0.2) is 13.2 Å². The van der Waals surface area contributed by atoms with Gasteiger partial charge in [-0.05, 0) is 44.9 Å². The molecule has 2 fully saturated rings. The highest BCUT2D eigenvalue weighted by Crippen LogP contribution is 2.45. The van der Waals surface area contributed by atoms with Crippen LogP contribution >= 0.6 is 0 Å². The Morgan fingerprint density at radius 1 is 1.22 bits per heavy atom. The number of sulfonamides is 1. The zero-order valence-electron chi connectivity index (χ0n) is 18.0. The third-order valence-corrected chi connectivity index (χ3v) is 6.68. The molecule has 4 atom stereocenters. The second-order valence-corrected chi connectivity index (χ2v) is 10.4. The zero-order chi connectivity index (χ0) is 23.5. The fraction of sp³-hybridized carbons (Fsp3) is 0.700. The van der Waals surface area contributed by atoms with Crippen LogP contribution in [0.3, 0.4) is 0 Å². The summed E-state index contributed by atoms with van der Waals surface area (Å²) in [6.45, 7) is 0.307. The topological polar surface area (TPSA) is 165 Å². The Kier molecular flexibility index (Phi) is 7.11. The van der Waals surface area contributed by atoms with E-state index in [2.05, 4.69) is 5.32 Å². The van der Waals surface area contributed by atoms with Crippen LogP contribution in [0, 0.1) is 5.92 Å². The number of carbonyl (C=O) groups excluding carboxylic acids is 4. The van der Waals surface area contributed by atoms with Crippen molar-refractivity contribution in [3.05, 3.63) is 12.2 Å². The summed E-state index contributed by atoms with van der Waals surface area (Å²) < 4.78 is 30.2. The number of nitrogens with one attached hydrogen (secondary N) is 2. The van der Waals surface area contributed by atoms with Gasteiger partial charge in [-0.1, -0.05) is 18.6 Å². The number of ether oxygens (including phenoxy) is 1. The monoisotopic (exact) mass is 470 g/mol.